The highest BCUT2D eigenvalue weighted by atomic mass is 16.6. The van der Waals surface area contributed by atoms with Gasteiger partial charge >= 0.3 is 5.97 Å². The number of hydrogen-bond donors (Lipinski definition) is 1. The number of phenolic OH excluding ortho intramolecular Hbond substituents is 1. The SMILES string of the molecule is CCOC(=O)Cc1c(O)ccc([N+](=O)[O-])c1C#N. The molecule has 1 N–H and O–H groups in total. The van der Waals surface area contributed by atoms with Crippen LogP contribution in [0.4, 0.5) is 5.69 Å². The number of carbonyl (C=O) groups excluding carboxylic acids is 1. The predicted molar refractivity (Wildman–Crippen MR) is 59.8 cm³/mol. The first kappa shape index (κ1) is 13.4. The van der Waals surface area contributed by atoms with E-state index >= 15 is 0 Å². The number of hydrogen-bond acceptors (Lipinski definition) is 6. The minimum Gasteiger partial charge on any atom is -0.508 e. The first-order valence-electron chi connectivity index (χ1n) is 5.06. The highest BCUT2D eigenvalue weighted by Gasteiger charge is 2.22. The number of carbonyl (C=O) groups is 1. The fourth-order valence-electron chi connectivity index (χ4n) is 1.44. The number of nitro benzene ring substituents is 1. The van der Waals surface area contributed by atoms with Gasteiger partial charge in [-0.15, -0.1) is 0 Å². The molecule has 0 bridgehead atoms. The van der Waals surface area contributed by atoms with Crippen LogP contribution in [-0.2, 0) is 16.0 Å². The third kappa shape index (κ3) is 2.74. The van der Waals surface area contributed by atoms with Gasteiger partial charge in [0.2, 0.25) is 0 Å². The monoisotopic (exact) mass is 250 g/mol. The van der Waals surface area contributed by atoms with Gasteiger partial charge in [-0.25, -0.2) is 0 Å². The van der Waals surface area contributed by atoms with Gasteiger partial charge in [-0.2, -0.15) is 5.26 Å². The number of esters is 1. The van der Waals surface area contributed by atoms with Crippen LogP contribution in [0.1, 0.15) is 18.1 Å². The lowest BCUT2D eigenvalue weighted by atomic mass is 10.0. The number of aromatic hydroxyl groups is 1. The van der Waals surface area contributed by atoms with E-state index < -0.39 is 16.6 Å². The van der Waals surface area contributed by atoms with Gasteiger partial charge in [0.15, 0.2) is 0 Å². The van der Waals surface area contributed by atoms with Gasteiger partial charge in [0.1, 0.15) is 17.4 Å². The van der Waals surface area contributed by atoms with Gasteiger partial charge in [0.25, 0.3) is 5.69 Å². The molecule has 7 nitrogen and oxygen atoms in total. The molecule has 0 radical (unpaired) electrons. The number of nitriles is 1. The number of benzene rings is 1. The van der Waals surface area contributed by atoms with Crippen LogP contribution in [0.3, 0.4) is 0 Å². The predicted octanol–water partition coefficient (Wildman–Crippen LogP) is 1.28. The lowest BCUT2D eigenvalue weighted by Crippen LogP contribution is -2.09. The van der Waals surface area contributed by atoms with Gasteiger partial charge in [-0.3, -0.25) is 14.9 Å². The van der Waals surface area contributed by atoms with Gasteiger partial charge < -0.3 is 9.84 Å². The first-order valence-corrected chi connectivity index (χ1v) is 5.06. The quantitative estimate of drug-likeness (QED) is 0.489. The normalized spacial score (nSPS) is 9.56. The van der Waals surface area contributed by atoms with Crippen molar-refractivity contribution in [3.8, 4) is 11.8 Å². The maximum Gasteiger partial charge on any atom is 0.310 e. The average molecular weight is 250 g/mol. The molecule has 0 atom stereocenters. The van der Waals surface area contributed by atoms with Crippen LogP contribution in [0, 0.1) is 21.4 Å². The Morgan fingerprint density at radius 2 is 2.28 bits per heavy atom. The van der Waals surface area contributed by atoms with E-state index in [2.05, 4.69) is 4.74 Å². The average Bonchev–Trinajstić information content (AvgIpc) is 2.31. The van der Waals surface area contributed by atoms with Gasteiger partial charge in [-0.05, 0) is 13.0 Å². The van der Waals surface area contributed by atoms with Crippen molar-refractivity contribution in [2.24, 2.45) is 0 Å². The summed E-state index contributed by atoms with van der Waals surface area (Å²) in [5.41, 5.74) is -0.868. The van der Waals surface area contributed by atoms with E-state index in [-0.39, 0.29) is 29.9 Å². The topological polar surface area (TPSA) is 113 Å². The summed E-state index contributed by atoms with van der Waals surface area (Å²) >= 11 is 0. The molecule has 0 heterocycles. The fourth-order valence-corrected chi connectivity index (χ4v) is 1.44. The van der Waals surface area contributed by atoms with Crippen molar-refractivity contribution in [3.05, 3.63) is 33.4 Å². The molecule has 0 spiro atoms. The number of rotatable bonds is 4. The summed E-state index contributed by atoms with van der Waals surface area (Å²) in [7, 11) is 0. The first-order chi connectivity index (χ1) is 8.51. The van der Waals surface area contributed by atoms with Crippen LogP contribution in [0.5, 0.6) is 5.75 Å². The number of nitro groups is 1. The molecule has 7 heteroatoms. The van der Waals surface area contributed by atoms with Crippen molar-refractivity contribution in [2.75, 3.05) is 6.61 Å². The molecule has 18 heavy (non-hydrogen) atoms. The Bertz CT molecular complexity index is 533. The third-order valence-corrected chi connectivity index (χ3v) is 2.20. The lowest BCUT2D eigenvalue weighted by Gasteiger charge is -2.06. The molecule has 0 fully saturated rings. The van der Waals surface area contributed by atoms with Crippen LogP contribution in [0.15, 0.2) is 12.1 Å². The van der Waals surface area contributed by atoms with Crippen LogP contribution >= 0.6 is 0 Å². The lowest BCUT2D eigenvalue weighted by molar-refractivity contribution is -0.385. The van der Waals surface area contributed by atoms with Crippen LogP contribution in [-0.4, -0.2) is 22.6 Å². The minimum absolute atomic E-state index is 0.0925. The Hall–Kier alpha value is -2.62. The summed E-state index contributed by atoms with van der Waals surface area (Å²) < 4.78 is 4.67. The maximum absolute atomic E-state index is 11.3. The van der Waals surface area contributed by atoms with Crippen molar-refractivity contribution < 1.29 is 19.6 Å². The van der Waals surface area contributed by atoms with Crippen molar-refractivity contribution in [1.82, 2.24) is 0 Å². The molecule has 0 aliphatic heterocycles. The molecule has 94 valence electrons. The Labute approximate surface area is 102 Å². The highest BCUT2D eigenvalue weighted by molar-refractivity contribution is 5.76. The zero-order valence-electron chi connectivity index (χ0n) is 9.54. The second kappa shape index (κ2) is 5.63. The molecule has 0 unspecified atom stereocenters. The van der Waals surface area contributed by atoms with Crippen molar-refractivity contribution in [3.63, 3.8) is 0 Å². The molecule has 0 amide bonds. The van der Waals surface area contributed by atoms with E-state index in [4.69, 9.17) is 5.26 Å². The smallest absolute Gasteiger partial charge is 0.310 e. The molecule has 0 saturated carbocycles. The van der Waals surface area contributed by atoms with E-state index in [1.165, 1.54) is 0 Å². The Balaban J connectivity index is 3.25. The number of phenols is 1. The van der Waals surface area contributed by atoms with E-state index in [1.807, 2.05) is 0 Å². The summed E-state index contributed by atoms with van der Waals surface area (Å²) in [4.78, 5) is 21.3. The molecule has 1 aromatic carbocycles. The summed E-state index contributed by atoms with van der Waals surface area (Å²) in [5, 5.41) is 29.2. The van der Waals surface area contributed by atoms with E-state index in [9.17, 15) is 20.0 Å². The molecular weight excluding hydrogens is 240 g/mol. The van der Waals surface area contributed by atoms with Gasteiger partial charge in [0.05, 0.1) is 18.0 Å². The number of ether oxygens (including phenoxy) is 1. The number of nitrogens with zero attached hydrogens (tertiary/aromatic N) is 2. The van der Waals surface area contributed by atoms with Gasteiger partial charge in [0, 0.05) is 11.6 Å². The minimum atomic E-state index is -0.743. The second-order valence-corrected chi connectivity index (χ2v) is 3.31. The van der Waals surface area contributed by atoms with E-state index in [0.717, 1.165) is 12.1 Å². The Kier molecular flexibility index (Phi) is 4.21. The molecular formula is C11H10N2O5. The molecule has 0 aliphatic rings. The van der Waals surface area contributed by atoms with Crippen LogP contribution in [0.25, 0.3) is 0 Å². The molecule has 1 aromatic rings. The van der Waals surface area contributed by atoms with Crippen LogP contribution < -0.4 is 0 Å². The highest BCUT2D eigenvalue weighted by Crippen LogP contribution is 2.29. The van der Waals surface area contributed by atoms with E-state index in [0.29, 0.717) is 0 Å². The molecule has 0 aliphatic carbocycles. The standard InChI is InChI=1S/C11H10N2O5/c1-2-18-11(15)5-7-8(6-12)9(13(16)17)3-4-10(7)14/h3-4,14H,2,5H2,1H3. The van der Waals surface area contributed by atoms with E-state index in [1.54, 1.807) is 13.0 Å². The van der Waals surface area contributed by atoms with Crippen LogP contribution in [0.2, 0.25) is 0 Å². The zero-order valence-corrected chi connectivity index (χ0v) is 9.54. The molecule has 0 aromatic heterocycles. The zero-order chi connectivity index (χ0) is 13.7. The van der Waals surface area contributed by atoms with Crippen molar-refractivity contribution >= 4 is 11.7 Å². The molecule has 0 saturated heterocycles. The summed E-state index contributed by atoms with van der Waals surface area (Å²) in [6.45, 7) is 1.76. The van der Waals surface area contributed by atoms with Crippen molar-refractivity contribution in [1.29, 1.82) is 5.26 Å². The van der Waals surface area contributed by atoms with Crippen molar-refractivity contribution in [2.45, 2.75) is 13.3 Å². The summed E-state index contributed by atoms with van der Waals surface area (Å²) in [5.74, 6) is -1.00. The Morgan fingerprint density at radius 3 is 2.78 bits per heavy atom. The maximum atomic E-state index is 11.3. The summed E-state index contributed by atoms with van der Waals surface area (Å²) in [6.07, 6.45) is -0.385. The second-order valence-electron chi connectivity index (χ2n) is 3.31. The molecule has 1 rings (SSSR count). The third-order valence-electron chi connectivity index (χ3n) is 2.20. The van der Waals surface area contributed by atoms with Gasteiger partial charge in [-0.1, -0.05) is 0 Å². The Morgan fingerprint density at radius 1 is 1.61 bits per heavy atom. The summed E-state index contributed by atoms with van der Waals surface area (Å²) in [6, 6.07) is 3.72. The largest absolute Gasteiger partial charge is 0.508 e. The fraction of sp³-hybridized carbons (Fsp3) is 0.273.